The predicted molar refractivity (Wildman–Crippen MR) is 101 cm³/mol. The Morgan fingerprint density at radius 1 is 1.12 bits per heavy atom. The van der Waals surface area contributed by atoms with Crippen LogP contribution in [0.4, 0.5) is 0 Å². The van der Waals surface area contributed by atoms with Gasteiger partial charge < -0.3 is 10.1 Å². The first-order chi connectivity index (χ1) is 12.7. The highest BCUT2D eigenvalue weighted by Gasteiger charge is 2.32. The Hall–Kier alpha value is -2.24. The molecule has 5 nitrogen and oxygen atoms in total. The summed E-state index contributed by atoms with van der Waals surface area (Å²) >= 11 is 0. The second kappa shape index (κ2) is 8.92. The van der Waals surface area contributed by atoms with E-state index in [4.69, 9.17) is 0 Å². The molecule has 2 aromatic rings. The fraction of sp³-hybridized carbons (Fsp3) is 0.429. The Kier molecular flexibility index (Phi) is 6.36. The Morgan fingerprint density at radius 3 is 2.58 bits per heavy atom. The van der Waals surface area contributed by atoms with Gasteiger partial charge in [-0.05, 0) is 42.7 Å². The summed E-state index contributed by atoms with van der Waals surface area (Å²) in [6.07, 6.45) is 4.67. The second-order valence-electron chi connectivity index (χ2n) is 7.14. The summed E-state index contributed by atoms with van der Waals surface area (Å²) in [5.74, 6) is 0.657. The van der Waals surface area contributed by atoms with Crippen molar-refractivity contribution in [2.45, 2.75) is 19.3 Å². The summed E-state index contributed by atoms with van der Waals surface area (Å²) in [5.41, 5.74) is 1.66. The van der Waals surface area contributed by atoms with Crippen molar-refractivity contribution in [1.82, 2.24) is 9.88 Å². The van der Waals surface area contributed by atoms with Gasteiger partial charge in [-0.25, -0.2) is 0 Å². The van der Waals surface area contributed by atoms with E-state index in [1.54, 1.807) is 6.07 Å². The molecule has 1 aromatic heterocycles. The normalized spacial score (nSPS) is 20.3. The lowest BCUT2D eigenvalue weighted by atomic mass is 9.91. The quantitative estimate of drug-likeness (QED) is 0.712. The average molecular weight is 354 g/mol. The molecule has 1 aromatic carbocycles. The number of ketones is 1. The number of hydrogen-bond acceptors (Lipinski definition) is 4. The molecule has 1 aliphatic heterocycles. The van der Waals surface area contributed by atoms with Crippen LogP contribution in [0, 0.1) is 11.8 Å². The fourth-order valence-corrected chi connectivity index (χ4v) is 3.79. The van der Waals surface area contributed by atoms with Crippen LogP contribution in [0.3, 0.4) is 0 Å². The van der Waals surface area contributed by atoms with E-state index < -0.39 is 0 Å². The minimum atomic E-state index is -0.207. The molecular weight excluding hydrogens is 328 g/mol. The number of nitrogens with one attached hydrogen (secondary N) is 1. The number of aromatic amines is 1. The second-order valence-corrected chi connectivity index (χ2v) is 7.14. The van der Waals surface area contributed by atoms with E-state index in [9.17, 15) is 14.7 Å². The maximum absolute atomic E-state index is 12.4. The average Bonchev–Trinajstić information content (AvgIpc) is 3.04. The molecule has 0 amide bonds. The van der Waals surface area contributed by atoms with Crippen molar-refractivity contribution in [3.8, 4) is 0 Å². The molecule has 26 heavy (non-hydrogen) atoms. The number of hydrogen-bond donors (Lipinski definition) is 2. The Bertz CT molecular complexity index is 752. The largest absolute Gasteiger partial charge is 0.396 e. The topological polar surface area (TPSA) is 73.4 Å². The summed E-state index contributed by atoms with van der Waals surface area (Å²) in [7, 11) is 0. The summed E-state index contributed by atoms with van der Waals surface area (Å²) < 4.78 is 0. The molecule has 2 N–H and O–H groups in total. The van der Waals surface area contributed by atoms with Gasteiger partial charge in [0, 0.05) is 37.5 Å². The highest BCUT2D eigenvalue weighted by Crippen LogP contribution is 2.27. The summed E-state index contributed by atoms with van der Waals surface area (Å²) in [5, 5.41) is 9.70. The van der Waals surface area contributed by atoms with Crippen LogP contribution in [0.2, 0.25) is 0 Å². The number of aryl methyl sites for hydroxylation is 1. The van der Waals surface area contributed by atoms with Crippen LogP contribution >= 0.6 is 0 Å². The third-order valence-corrected chi connectivity index (χ3v) is 5.24. The van der Waals surface area contributed by atoms with E-state index in [0.29, 0.717) is 18.0 Å². The van der Waals surface area contributed by atoms with Crippen LogP contribution in [-0.2, 0) is 6.42 Å². The Labute approximate surface area is 153 Å². The maximum Gasteiger partial charge on any atom is 0.247 e. The number of aliphatic hydroxyl groups is 1. The van der Waals surface area contributed by atoms with E-state index in [0.717, 1.165) is 32.4 Å². The lowest BCUT2D eigenvalue weighted by Crippen LogP contribution is -2.28. The molecule has 0 spiro atoms. The summed E-state index contributed by atoms with van der Waals surface area (Å²) in [6.45, 7) is 2.09. The molecule has 138 valence electrons. The van der Waals surface area contributed by atoms with Crippen molar-refractivity contribution in [3.05, 3.63) is 70.1 Å². The molecule has 0 radical (unpaired) electrons. The van der Waals surface area contributed by atoms with Crippen molar-refractivity contribution in [2.75, 3.05) is 26.2 Å². The molecule has 0 unspecified atom stereocenters. The number of rotatable bonds is 8. The molecule has 2 atom stereocenters. The van der Waals surface area contributed by atoms with E-state index in [-0.39, 0.29) is 23.9 Å². The van der Waals surface area contributed by atoms with Gasteiger partial charge in [-0.3, -0.25) is 14.5 Å². The number of aromatic nitrogens is 1. The smallest absolute Gasteiger partial charge is 0.247 e. The van der Waals surface area contributed by atoms with E-state index in [1.165, 1.54) is 17.8 Å². The lowest BCUT2D eigenvalue weighted by Gasteiger charge is -2.16. The van der Waals surface area contributed by atoms with Crippen molar-refractivity contribution in [3.63, 3.8) is 0 Å². The van der Waals surface area contributed by atoms with Crippen LogP contribution in [0.25, 0.3) is 0 Å². The summed E-state index contributed by atoms with van der Waals surface area (Å²) in [6, 6.07) is 13.4. The Morgan fingerprint density at radius 2 is 1.88 bits per heavy atom. The minimum absolute atomic E-state index is 0.00266. The lowest BCUT2D eigenvalue weighted by molar-refractivity contribution is 0.0939. The number of Topliss-reactive ketones (excluding diaryl/α,β-unsaturated/α-hetero) is 1. The molecule has 1 fully saturated rings. The standard InChI is InChI=1S/C21H26N2O3/c24-15-19-13-23(14-20(25)17-9-10-21(26)22-11-17)12-18(19)8-4-7-16-5-2-1-3-6-16/h1-3,5-6,9-11,18-19,24H,4,7-8,12-15H2,(H,22,26)/t18-,19-/m1/s1. The maximum atomic E-state index is 12.4. The molecule has 0 bridgehead atoms. The first-order valence-corrected chi connectivity index (χ1v) is 9.25. The van der Waals surface area contributed by atoms with E-state index >= 15 is 0 Å². The monoisotopic (exact) mass is 354 g/mol. The van der Waals surface area contributed by atoms with Gasteiger partial charge in [0.2, 0.25) is 5.56 Å². The zero-order valence-electron chi connectivity index (χ0n) is 14.9. The first kappa shape index (κ1) is 18.5. The molecule has 1 aliphatic rings. The van der Waals surface area contributed by atoms with Gasteiger partial charge in [-0.1, -0.05) is 30.3 Å². The molecule has 0 saturated carbocycles. The zero-order chi connectivity index (χ0) is 18.4. The summed E-state index contributed by atoms with van der Waals surface area (Å²) in [4.78, 5) is 28.2. The number of carbonyl (C=O) groups excluding carboxylic acids is 1. The molecule has 3 rings (SSSR count). The zero-order valence-corrected chi connectivity index (χ0v) is 14.9. The third-order valence-electron chi connectivity index (χ3n) is 5.24. The molecule has 2 heterocycles. The number of benzene rings is 1. The Balaban J connectivity index is 1.50. The van der Waals surface area contributed by atoms with Crippen molar-refractivity contribution < 1.29 is 9.90 Å². The van der Waals surface area contributed by atoms with Crippen LogP contribution in [-0.4, -0.2) is 47.0 Å². The van der Waals surface area contributed by atoms with Crippen molar-refractivity contribution in [2.24, 2.45) is 11.8 Å². The number of nitrogens with zero attached hydrogens (tertiary/aromatic N) is 1. The van der Waals surface area contributed by atoms with Gasteiger partial charge in [-0.15, -0.1) is 0 Å². The van der Waals surface area contributed by atoms with Crippen LogP contribution in [0.5, 0.6) is 0 Å². The van der Waals surface area contributed by atoms with Gasteiger partial charge in [0.15, 0.2) is 5.78 Å². The van der Waals surface area contributed by atoms with Gasteiger partial charge in [0.05, 0.1) is 6.54 Å². The van der Waals surface area contributed by atoms with Gasteiger partial charge in [0.1, 0.15) is 0 Å². The van der Waals surface area contributed by atoms with E-state index in [2.05, 4.69) is 34.1 Å². The van der Waals surface area contributed by atoms with Crippen LogP contribution in [0.15, 0.2) is 53.5 Å². The molecule has 5 heteroatoms. The van der Waals surface area contributed by atoms with Gasteiger partial charge in [-0.2, -0.15) is 0 Å². The minimum Gasteiger partial charge on any atom is -0.396 e. The predicted octanol–water partition coefficient (Wildman–Crippen LogP) is 2.12. The van der Waals surface area contributed by atoms with Crippen LogP contribution in [0.1, 0.15) is 28.8 Å². The molecule has 1 saturated heterocycles. The van der Waals surface area contributed by atoms with Crippen LogP contribution < -0.4 is 5.56 Å². The third kappa shape index (κ3) is 4.90. The number of pyridine rings is 1. The van der Waals surface area contributed by atoms with Gasteiger partial charge >= 0.3 is 0 Å². The van der Waals surface area contributed by atoms with Crippen molar-refractivity contribution >= 4 is 5.78 Å². The molecule has 0 aliphatic carbocycles. The number of aliphatic hydroxyl groups excluding tert-OH is 1. The fourth-order valence-electron chi connectivity index (χ4n) is 3.79. The number of likely N-dealkylation sites (tertiary alicyclic amines) is 1. The first-order valence-electron chi connectivity index (χ1n) is 9.25. The number of H-pyrrole nitrogens is 1. The van der Waals surface area contributed by atoms with Crippen molar-refractivity contribution in [1.29, 1.82) is 0 Å². The van der Waals surface area contributed by atoms with E-state index in [1.807, 2.05) is 6.07 Å². The number of carbonyl (C=O) groups is 1. The highest BCUT2D eigenvalue weighted by atomic mass is 16.3. The highest BCUT2D eigenvalue weighted by molar-refractivity contribution is 5.97. The SMILES string of the molecule is O=C(CN1C[C@@H](CCCc2ccccc2)[C@@H](CO)C1)c1ccc(=O)[nH]c1. The van der Waals surface area contributed by atoms with Gasteiger partial charge in [0.25, 0.3) is 0 Å². The molecular formula is C21H26N2O3.